The predicted octanol–water partition coefficient (Wildman–Crippen LogP) is 5.48. The normalized spacial score (nSPS) is 15.8. The summed E-state index contributed by atoms with van der Waals surface area (Å²) in [6.07, 6.45) is -3.60. The van der Waals surface area contributed by atoms with Crippen molar-refractivity contribution in [2.75, 3.05) is 4.90 Å². The standard InChI is InChI=1S/C19H9F3N2O6S/c20-19(21,22)30-14-4-2-10-7-12(3-1-11(10)8-14)23-17(25)15(31-18(23)26)9-13-5-6-16(29-13)24(27)28/h1-9H/b15-9-. The van der Waals surface area contributed by atoms with Gasteiger partial charge in [0.2, 0.25) is 0 Å². The van der Waals surface area contributed by atoms with Gasteiger partial charge in [0.15, 0.2) is 0 Å². The van der Waals surface area contributed by atoms with Crippen molar-refractivity contribution in [3.8, 4) is 5.75 Å². The van der Waals surface area contributed by atoms with Crippen molar-refractivity contribution in [1.29, 1.82) is 0 Å². The van der Waals surface area contributed by atoms with Crippen LogP contribution in [-0.4, -0.2) is 22.4 Å². The third-order valence-electron chi connectivity index (χ3n) is 4.15. The smallest absolute Gasteiger partial charge is 0.406 e. The zero-order valence-electron chi connectivity index (χ0n) is 15.1. The minimum absolute atomic E-state index is 0.00303. The summed E-state index contributed by atoms with van der Waals surface area (Å²) in [5, 5.41) is 11.0. The minimum atomic E-state index is -4.82. The molecule has 1 saturated heterocycles. The molecule has 2 amide bonds. The summed E-state index contributed by atoms with van der Waals surface area (Å²) in [6, 6.07) is 10.4. The first-order valence-corrected chi connectivity index (χ1v) is 9.24. The second-order valence-corrected chi connectivity index (χ2v) is 7.18. The van der Waals surface area contributed by atoms with Crippen LogP contribution in [0, 0.1) is 10.1 Å². The SMILES string of the molecule is O=C1S/C(=C\c2ccc([N+](=O)[O-])o2)C(=O)N1c1ccc2cc(OC(F)(F)F)ccc2c1. The van der Waals surface area contributed by atoms with Gasteiger partial charge in [-0.15, -0.1) is 13.2 Å². The van der Waals surface area contributed by atoms with Gasteiger partial charge >= 0.3 is 12.2 Å². The lowest BCUT2D eigenvalue weighted by Gasteiger charge is -2.14. The Morgan fingerprint density at radius 2 is 1.77 bits per heavy atom. The number of nitro groups is 1. The molecule has 0 aliphatic carbocycles. The average Bonchev–Trinajstić information content (AvgIpc) is 3.25. The van der Waals surface area contributed by atoms with Gasteiger partial charge in [-0.25, -0.2) is 4.90 Å². The van der Waals surface area contributed by atoms with Crippen LogP contribution in [0.25, 0.3) is 16.8 Å². The Morgan fingerprint density at radius 3 is 2.45 bits per heavy atom. The molecule has 0 N–H and O–H groups in total. The largest absolute Gasteiger partial charge is 0.573 e. The second kappa shape index (κ2) is 7.47. The molecule has 0 saturated carbocycles. The fraction of sp³-hybridized carbons (Fsp3) is 0.0526. The maximum atomic E-state index is 12.7. The molecular weight excluding hydrogens is 441 g/mol. The van der Waals surface area contributed by atoms with E-state index in [1.807, 2.05) is 0 Å². The lowest BCUT2D eigenvalue weighted by Crippen LogP contribution is -2.27. The quantitative estimate of drug-likeness (QED) is 0.295. The number of halogens is 3. The van der Waals surface area contributed by atoms with E-state index in [1.165, 1.54) is 42.5 Å². The Balaban J connectivity index is 1.61. The van der Waals surface area contributed by atoms with Crippen LogP contribution >= 0.6 is 11.8 Å². The number of hydrogen-bond donors (Lipinski definition) is 0. The molecule has 0 spiro atoms. The Morgan fingerprint density at radius 1 is 1.06 bits per heavy atom. The van der Waals surface area contributed by atoms with Crippen molar-refractivity contribution in [3.63, 3.8) is 0 Å². The Labute approximate surface area is 175 Å². The summed E-state index contributed by atoms with van der Waals surface area (Å²) in [7, 11) is 0. The van der Waals surface area contributed by atoms with Gasteiger partial charge in [0.25, 0.3) is 11.1 Å². The Bertz CT molecular complexity index is 1270. The van der Waals surface area contributed by atoms with Gasteiger partial charge in [0.05, 0.1) is 16.7 Å². The van der Waals surface area contributed by atoms with Crippen LogP contribution in [0.15, 0.2) is 57.9 Å². The third kappa shape index (κ3) is 4.23. The van der Waals surface area contributed by atoms with E-state index in [1.54, 1.807) is 0 Å². The van der Waals surface area contributed by atoms with E-state index in [-0.39, 0.29) is 16.4 Å². The highest BCUT2D eigenvalue weighted by atomic mass is 32.2. The summed E-state index contributed by atoms with van der Waals surface area (Å²) in [6.45, 7) is 0. The monoisotopic (exact) mass is 450 g/mol. The molecule has 12 heteroatoms. The number of anilines is 1. The van der Waals surface area contributed by atoms with Gasteiger partial charge in [-0.3, -0.25) is 19.7 Å². The molecule has 0 unspecified atom stereocenters. The molecule has 8 nitrogen and oxygen atoms in total. The summed E-state index contributed by atoms with van der Waals surface area (Å²) < 4.78 is 46.0. The zero-order valence-corrected chi connectivity index (χ0v) is 15.9. The van der Waals surface area contributed by atoms with E-state index in [0.29, 0.717) is 22.5 Å². The third-order valence-corrected chi connectivity index (χ3v) is 5.02. The van der Waals surface area contributed by atoms with E-state index in [4.69, 9.17) is 4.42 Å². The van der Waals surface area contributed by atoms with E-state index in [2.05, 4.69) is 4.74 Å². The summed E-state index contributed by atoms with van der Waals surface area (Å²) in [5.41, 5.74) is 0.216. The van der Waals surface area contributed by atoms with Crippen LogP contribution < -0.4 is 9.64 Å². The molecule has 1 aliphatic heterocycles. The Kier molecular flexibility index (Phi) is 4.93. The number of furan rings is 1. The molecule has 0 radical (unpaired) electrons. The molecule has 4 rings (SSSR count). The van der Waals surface area contributed by atoms with Gasteiger partial charge in [-0.05, 0) is 52.9 Å². The summed E-state index contributed by atoms with van der Waals surface area (Å²) in [4.78, 5) is 36.0. The number of carbonyl (C=O) groups is 2. The number of nitrogens with zero attached hydrogens (tertiary/aromatic N) is 2. The molecule has 158 valence electrons. The van der Waals surface area contributed by atoms with Crippen LogP contribution in [0.5, 0.6) is 5.75 Å². The van der Waals surface area contributed by atoms with Crippen LogP contribution in [0.1, 0.15) is 5.76 Å². The molecule has 3 aromatic rings. The lowest BCUT2D eigenvalue weighted by molar-refractivity contribution is -0.402. The van der Waals surface area contributed by atoms with Crippen molar-refractivity contribution < 1.29 is 36.8 Å². The highest BCUT2D eigenvalue weighted by molar-refractivity contribution is 8.19. The van der Waals surface area contributed by atoms with Gasteiger partial charge in [-0.1, -0.05) is 12.1 Å². The topological polar surface area (TPSA) is 103 Å². The van der Waals surface area contributed by atoms with Gasteiger partial charge < -0.3 is 9.15 Å². The van der Waals surface area contributed by atoms with Crippen LogP contribution in [0.2, 0.25) is 0 Å². The van der Waals surface area contributed by atoms with Gasteiger partial charge in [0.1, 0.15) is 16.4 Å². The number of hydrogen-bond acceptors (Lipinski definition) is 7. The maximum Gasteiger partial charge on any atom is 0.573 e. The second-order valence-electron chi connectivity index (χ2n) is 6.19. The Hall–Kier alpha value is -3.80. The number of alkyl halides is 3. The van der Waals surface area contributed by atoms with Crippen LogP contribution in [0.3, 0.4) is 0 Å². The van der Waals surface area contributed by atoms with E-state index in [0.717, 1.165) is 17.0 Å². The molecule has 1 aromatic heterocycles. The van der Waals surface area contributed by atoms with Gasteiger partial charge in [0, 0.05) is 6.08 Å². The molecule has 0 atom stereocenters. The fourth-order valence-corrected chi connectivity index (χ4v) is 3.71. The molecule has 31 heavy (non-hydrogen) atoms. The van der Waals surface area contributed by atoms with Crippen molar-refractivity contribution >= 4 is 51.3 Å². The first kappa shape index (κ1) is 20.5. The number of rotatable bonds is 4. The van der Waals surface area contributed by atoms with E-state index < -0.39 is 34.1 Å². The molecule has 0 bridgehead atoms. The highest BCUT2D eigenvalue weighted by Gasteiger charge is 2.37. The van der Waals surface area contributed by atoms with Crippen molar-refractivity contribution in [3.05, 3.63) is 69.3 Å². The number of ether oxygens (including phenoxy) is 1. The first-order chi connectivity index (χ1) is 14.6. The van der Waals surface area contributed by atoms with Crippen LogP contribution in [-0.2, 0) is 4.79 Å². The zero-order chi connectivity index (χ0) is 22.3. The number of imide groups is 1. The molecule has 1 aliphatic rings. The van der Waals surface area contributed by atoms with Crippen molar-refractivity contribution in [2.24, 2.45) is 0 Å². The summed E-state index contributed by atoms with van der Waals surface area (Å²) >= 11 is 0.627. The number of benzene rings is 2. The molecule has 2 aromatic carbocycles. The number of thioether (sulfide) groups is 1. The van der Waals surface area contributed by atoms with Crippen LogP contribution in [0.4, 0.5) is 29.5 Å². The number of fused-ring (bicyclic) bond motifs is 1. The van der Waals surface area contributed by atoms with E-state index >= 15 is 0 Å². The van der Waals surface area contributed by atoms with Gasteiger partial charge in [-0.2, -0.15) is 0 Å². The predicted molar refractivity (Wildman–Crippen MR) is 104 cm³/mol. The van der Waals surface area contributed by atoms with Crippen molar-refractivity contribution in [1.82, 2.24) is 0 Å². The van der Waals surface area contributed by atoms with E-state index in [9.17, 15) is 32.9 Å². The molecular formula is C19H9F3N2O6S. The number of amides is 2. The lowest BCUT2D eigenvalue weighted by atomic mass is 10.1. The highest BCUT2D eigenvalue weighted by Crippen LogP contribution is 2.37. The summed E-state index contributed by atoms with van der Waals surface area (Å²) in [5.74, 6) is -1.53. The first-order valence-electron chi connectivity index (χ1n) is 8.42. The average molecular weight is 450 g/mol. The molecule has 1 fully saturated rings. The maximum absolute atomic E-state index is 12.7. The van der Waals surface area contributed by atoms with Crippen molar-refractivity contribution in [2.45, 2.75) is 6.36 Å². The minimum Gasteiger partial charge on any atom is -0.406 e. The fourth-order valence-electron chi connectivity index (χ4n) is 2.88. The molecule has 2 heterocycles. The number of carbonyl (C=O) groups excluding carboxylic acids is 2.